The number of allylic oxidation sites excluding steroid dienone is 4. The fourth-order valence-electron chi connectivity index (χ4n) is 8.50. The number of rotatable bonds is 7. The van der Waals surface area contributed by atoms with Crippen LogP contribution >= 0.6 is 0 Å². The molecule has 0 saturated heterocycles. The van der Waals surface area contributed by atoms with Gasteiger partial charge in [0.15, 0.2) is 11.6 Å². The van der Waals surface area contributed by atoms with Crippen LogP contribution in [-0.2, 0) is 0 Å². The number of benzene rings is 7. The predicted octanol–water partition coefficient (Wildman–Crippen LogP) is 14.0. The van der Waals surface area contributed by atoms with Crippen LogP contribution in [0.2, 0.25) is 0 Å². The van der Waals surface area contributed by atoms with Gasteiger partial charge < -0.3 is 4.90 Å². The molecule has 0 saturated carbocycles. The van der Waals surface area contributed by atoms with Crippen LogP contribution in [0.1, 0.15) is 5.56 Å². The third-order valence-electron chi connectivity index (χ3n) is 11.6. The SMILES string of the molecule is C=C1/C=C\C=C/CN(c2cc(-c3ccccc3)cc(-c3ccccc3)n2)c2ccc(-c3ccc4c(c3)c3ccccc3n4-c3nc(-c4ccccc4)nc(-c4ccccc4)n3)cc21. The standard InChI is InChI=1S/C57H40N6/c1-39-19-7-6-18-34-62(54-38-46(40-20-8-2-9-21-40)37-50(58-54)41-22-10-3-11-23-41)51-32-30-44(35-48(39)51)45-31-33-53-49(36-45)47-28-16-17-29-52(47)63(53)57-60-55(42-24-12-4-13-25-42)59-56(61-57)43-26-14-5-15-27-43/h2-33,35-38H,1,34H2/b18-6-,19-7-. The fourth-order valence-corrected chi connectivity index (χ4v) is 8.50. The zero-order valence-electron chi connectivity index (χ0n) is 34.4. The first-order chi connectivity index (χ1) is 31.1. The van der Waals surface area contributed by atoms with Crippen molar-refractivity contribution < 1.29 is 0 Å². The van der Waals surface area contributed by atoms with Gasteiger partial charge in [0.2, 0.25) is 5.95 Å². The molecule has 6 nitrogen and oxygen atoms in total. The van der Waals surface area contributed by atoms with Crippen LogP contribution in [-0.4, -0.2) is 31.0 Å². The maximum absolute atomic E-state index is 5.32. The highest BCUT2D eigenvalue weighted by Crippen LogP contribution is 2.40. The number of aromatic nitrogens is 5. The van der Waals surface area contributed by atoms with Gasteiger partial charge in [-0.05, 0) is 70.3 Å². The van der Waals surface area contributed by atoms with Crippen LogP contribution in [0.5, 0.6) is 0 Å². The van der Waals surface area contributed by atoms with Gasteiger partial charge in [-0.15, -0.1) is 0 Å². The maximum Gasteiger partial charge on any atom is 0.238 e. The summed E-state index contributed by atoms with van der Waals surface area (Å²) in [5, 5.41) is 2.22. The average molecular weight is 809 g/mol. The Kier molecular flexibility index (Phi) is 9.63. The Hall–Kier alpha value is -8.48. The summed E-state index contributed by atoms with van der Waals surface area (Å²) in [6.45, 7) is 5.22. The fraction of sp³-hybridized carbons (Fsp3) is 0.0175. The maximum atomic E-state index is 5.32. The summed E-state index contributed by atoms with van der Waals surface area (Å²) in [4.78, 5) is 22.8. The van der Waals surface area contributed by atoms with Crippen molar-refractivity contribution in [3.8, 4) is 62.2 Å². The molecule has 10 aromatic rings. The van der Waals surface area contributed by atoms with Crippen molar-refractivity contribution in [3.63, 3.8) is 0 Å². The summed E-state index contributed by atoms with van der Waals surface area (Å²) in [6, 6.07) is 67.4. The van der Waals surface area contributed by atoms with Crippen LogP contribution < -0.4 is 4.90 Å². The van der Waals surface area contributed by atoms with Gasteiger partial charge in [-0.3, -0.25) is 4.57 Å². The first kappa shape index (κ1) is 37.5. The van der Waals surface area contributed by atoms with E-state index in [9.17, 15) is 0 Å². The number of nitrogens with zero attached hydrogens (tertiary/aromatic N) is 6. The summed E-state index contributed by atoms with van der Waals surface area (Å²) in [7, 11) is 0. The molecule has 4 heterocycles. The number of hydrogen-bond acceptors (Lipinski definition) is 5. The highest BCUT2D eigenvalue weighted by atomic mass is 15.2. The van der Waals surface area contributed by atoms with Crippen LogP contribution in [0.3, 0.4) is 0 Å². The normalized spacial score (nSPS) is 13.6. The highest BCUT2D eigenvalue weighted by Gasteiger charge is 2.21. The summed E-state index contributed by atoms with van der Waals surface area (Å²) < 4.78 is 2.16. The van der Waals surface area contributed by atoms with Crippen LogP contribution in [0, 0.1) is 0 Å². The molecule has 3 aromatic heterocycles. The first-order valence-electron chi connectivity index (χ1n) is 21.1. The van der Waals surface area contributed by atoms with E-state index in [1.807, 2.05) is 66.7 Å². The van der Waals surface area contributed by atoms with Crippen molar-refractivity contribution in [1.29, 1.82) is 0 Å². The van der Waals surface area contributed by atoms with E-state index >= 15 is 0 Å². The Balaban J connectivity index is 1.05. The monoisotopic (exact) mass is 808 g/mol. The lowest BCUT2D eigenvalue weighted by Gasteiger charge is -2.27. The van der Waals surface area contributed by atoms with E-state index in [1.165, 1.54) is 0 Å². The molecule has 0 aliphatic carbocycles. The molecule has 11 rings (SSSR count). The molecule has 0 unspecified atom stereocenters. The number of pyridine rings is 1. The van der Waals surface area contributed by atoms with Crippen molar-refractivity contribution >= 4 is 38.9 Å². The molecule has 0 amide bonds. The average Bonchev–Trinajstić information content (AvgIpc) is 3.72. The Morgan fingerprint density at radius 2 is 1.02 bits per heavy atom. The molecule has 0 atom stereocenters. The highest BCUT2D eigenvalue weighted by molar-refractivity contribution is 6.10. The van der Waals surface area contributed by atoms with Gasteiger partial charge in [0.1, 0.15) is 5.82 Å². The van der Waals surface area contributed by atoms with Crippen molar-refractivity contribution in [2.75, 3.05) is 11.4 Å². The third-order valence-corrected chi connectivity index (χ3v) is 11.6. The summed E-state index contributed by atoms with van der Waals surface area (Å²) >= 11 is 0. The molecule has 63 heavy (non-hydrogen) atoms. The smallest absolute Gasteiger partial charge is 0.238 e. The van der Waals surface area contributed by atoms with Crippen LogP contribution in [0.25, 0.3) is 89.6 Å². The van der Waals surface area contributed by atoms with E-state index in [4.69, 9.17) is 19.9 Å². The molecule has 298 valence electrons. The summed E-state index contributed by atoms with van der Waals surface area (Å²) in [5.74, 6) is 2.67. The topological polar surface area (TPSA) is 59.7 Å². The second-order valence-electron chi connectivity index (χ2n) is 15.6. The summed E-state index contributed by atoms with van der Waals surface area (Å²) in [6.07, 6.45) is 8.42. The van der Waals surface area contributed by atoms with E-state index in [2.05, 4.69) is 168 Å². The molecular formula is C57H40N6. The predicted molar refractivity (Wildman–Crippen MR) is 260 cm³/mol. The van der Waals surface area contributed by atoms with Crippen molar-refractivity contribution in [2.45, 2.75) is 0 Å². The minimum atomic E-state index is 0.566. The minimum Gasteiger partial charge on any atom is -0.322 e. The van der Waals surface area contributed by atoms with Gasteiger partial charge in [-0.1, -0.05) is 183 Å². The van der Waals surface area contributed by atoms with Gasteiger partial charge >= 0.3 is 0 Å². The van der Waals surface area contributed by atoms with Gasteiger partial charge in [-0.2, -0.15) is 9.97 Å². The van der Waals surface area contributed by atoms with E-state index in [0.717, 1.165) is 89.1 Å². The van der Waals surface area contributed by atoms with Crippen molar-refractivity contribution in [2.24, 2.45) is 0 Å². The molecule has 0 fully saturated rings. The van der Waals surface area contributed by atoms with Crippen molar-refractivity contribution in [3.05, 3.63) is 231 Å². The van der Waals surface area contributed by atoms with E-state index in [-0.39, 0.29) is 0 Å². The second kappa shape index (κ2) is 16.2. The molecule has 0 radical (unpaired) electrons. The molecular weight excluding hydrogens is 769 g/mol. The summed E-state index contributed by atoms with van der Waals surface area (Å²) in [5.41, 5.74) is 13.3. The lowest BCUT2D eigenvalue weighted by molar-refractivity contribution is 0.953. The van der Waals surface area contributed by atoms with Gasteiger partial charge in [0.25, 0.3) is 0 Å². The van der Waals surface area contributed by atoms with Gasteiger partial charge in [0, 0.05) is 39.6 Å². The quantitative estimate of drug-likeness (QED) is 0.160. The Morgan fingerprint density at radius 1 is 0.429 bits per heavy atom. The van der Waals surface area contributed by atoms with Gasteiger partial charge in [0.05, 0.1) is 22.4 Å². The zero-order valence-corrected chi connectivity index (χ0v) is 34.4. The Morgan fingerprint density at radius 3 is 1.71 bits per heavy atom. The molecule has 1 aliphatic heterocycles. The zero-order chi connectivity index (χ0) is 42.1. The van der Waals surface area contributed by atoms with E-state index < -0.39 is 0 Å². The third kappa shape index (κ3) is 7.19. The Labute approximate surface area is 366 Å². The van der Waals surface area contributed by atoms with Crippen molar-refractivity contribution in [1.82, 2.24) is 24.5 Å². The van der Waals surface area contributed by atoms with Crippen LogP contribution in [0.4, 0.5) is 11.5 Å². The molecule has 0 bridgehead atoms. The molecule has 0 spiro atoms. The minimum absolute atomic E-state index is 0.566. The molecule has 0 N–H and O–H groups in total. The van der Waals surface area contributed by atoms with Gasteiger partial charge in [-0.25, -0.2) is 9.97 Å². The van der Waals surface area contributed by atoms with E-state index in [0.29, 0.717) is 24.1 Å². The largest absolute Gasteiger partial charge is 0.322 e. The number of fused-ring (bicyclic) bond motifs is 4. The number of para-hydroxylation sites is 1. The second-order valence-corrected chi connectivity index (χ2v) is 15.6. The molecule has 1 aliphatic rings. The number of anilines is 2. The lowest BCUT2D eigenvalue weighted by Crippen LogP contribution is -2.20. The Bertz CT molecular complexity index is 3260. The first-order valence-corrected chi connectivity index (χ1v) is 21.1. The number of hydrogen-bond donors (Lipinski definition) is 0. The van der Waals surface area contributed by atoms with E-state index in [1.54, 1.807) is 0 Å². The molecule has 6 heteroatoms. The molecule has 7 aromatic carbocycles. The van der Waals surface area contributed by atoms with Crippen LogP contribution in [0.15, 0.2) is 225 Å². The lowest BCUT2D eigenvalue weighted by atomic mass is 9.96.